The Morgan fingerprint density at radius 2 is 1.50 bits per heavy atom. The van der Waals surface area contributed by atoms with Crippen LogP contribution in [0.15, 0.2) is 45.3 Å². The van der Waals surface area contributed by atoms with Crippen LogP contribution < -0.4 is 4.74 Å². The van der Waals surface area contributed by atoms with Gasteiger partial charge >= 0.3 is 6.18 Å². The third kappa shape index (κ3) is 3.68. The van der Waals surface area contributed by atoms with Crippen molar-refractivity contribution in [1.29, 1.82) is 0 Å². The van der Waals surface area contributed by atoms with Gasteiger partial charge in [-0.3, -0.25) is 0 Å². The minimum absolute atomic E-state index is 0.147. The average molecular weight is 430 g/mol. The maximum absolute atomic E-state index is 13.0. The zero-order chi connectivity index (χ0) is 14.9. The van der Waals surface area contributed by atoms with Gasteiger partial charge in [0.1, 0.15) is 11.5 Å². The molecule has 0 aliphatic heterocycles. The van der Waals surface area contributed by atoms with Crippen LogP contribution in [0.4, 0.5) is 13.2 Å². The molecule has 0 saturated heterocycles. The van der Waals surface area contributed by atoms with E-state index in [2.05, 4.69) is 31.9 Å². The van der Waals surface area contributed by atoms with E-state index in [0.717, 1.165) is 6.07 Å². The van der Waals surface area contributed by atoms with Crippen molar-refractivity contribution >= 4 is 43.5 Å². The van der Waals surface area contributed by atoms with E-state index in [4.69, 9.17) is 16.3 Å². The molecule has 0 unspecified atom stereocenters. The number of alkyl halides is 3. The highest BCUT2D eigenvalue weighted by Crippen LogP contribution is 2.41. The fourth-order valence-electron chi connectivity index (χ4n) is 1.49. The first kappa shape index (κ1) is 15.7. The summed E-state index contributed by atoms with van der Waals surface area (Å²) < 4.78 is 45.2. The maximum atomic E-state index is 13.0. The van der Waals surface area contributed by atoms with Crippen molar-refractivity contribution in [2.45, 2.75) is 6.18 Å². The molecule has 0 aromatic heterocycles. The number of halogens is 6. The van der Waals surface area contributed by atoms with E-state index in [-0.39, 0.29) is 16.5 Å². The van der Waals surface area contributed by atoms with Gasteiger partial charge in [-0.2, -0.15) is 13.2 Å². The molecule has 0 bridgehead atoms. The summed E-state index contributed by atoms with van der Waals surface area (Å²) in [4.78, 5) is 0. The van der Waals surface area contributed by atoms with Gasteiger partial charge in [0, 0.05) is 8.95 Å². The van der Waals surface area contributed by atoms with E-state index >= 15 is 0 Å². The summed E-state index contributed by atoms with van der Waals surface area (Å²) in [6.45, 7) is 0. The molecule has 0 saturated carbocycles. The van der Waals surface area contributed by atoms with Crippen LogP contribution in [0.3, 0.4) is 0 Å². The molecule has 0 radical (unpaired) electrons. The van der Waals surface area contributed by atoms with Crippen LogP contribution in [0.5, 0.6) is 11.5 Å². The van der Waals surface area contributed by atoms with Crippen molar-refractivity contribution < 1.29 is 17.9 Å². The van der Waals surface area contributed by atoms with Crippen LogP contribution in [0.2, 0.25) is 5.02 Å². The predicted octanol–water partition coefficient (Wildman–Crippen LogP) is 6.68. The standard InChI is InChI=1S/C13H6Br2ClF3O/c14-7-2-4-11(9(5-7)13(17,18)19)20-12-6-8(15)1-3-10(12)16/h1-6H. The number of benzene rings is 2. The lowest BCUT2D eigenvalue weighted by molar-refractivity contribution is -0.138. The summed E-state index contributed by atoms with van der Waals surface area (Å²) in [5.41, 5.74) is -0.872. The van der Waals surface area contributed by atoms with Gasteiger partial charge in [-0.05, 0) is 36.4 Å². The van der Waals surface area contributed by atoms with Crippen LogP contribution >= 0.6 is 43.5 Å². The second kappa shape index (κ2) is 5.95. The van der Waals surface area contributed by atoms with E-state index < -0.39 is 11.7 Å². The largest absolute Gasteiger partial charge is 0.455 e. The molecule has 0 spiro atoms. The van der Waals surface area contributed by atoms with E-state index in [0.29, 0.717) is 8.95 Å². The second-order valence-electron chi connectivity index (χ2n) is 3.82. The Morgan fingerprint density at radius 3 is 2.15 bits per heavy atom. The summed E-state index contributed by atoms with van der Waals surface area (Å²) in [6.07, 6.45) is -4.52. The third-order valence-corrected chi connectivity index (χ3v) is 3.66. The zero-order valence-electron chi connectivity index (χ0n) is 9.64. The van der Waals surface area contributed by atoms with Gasteiger partial charge in [-0.1, -0.05) is 43.5 Å². The molecule has 0 amide bonds. The van der Waals surface area contributed by atoms with Crippen LogP contribution in [0.25, 0.3) is 0 Å². The van der Waals surface area contributed by atoms with E-state index in [1.807, 2.05) is 0 Å². The molecular weight excluding hydrogens is 424 g/mol. The monoisotopic (exact) mass is 428 g/mol. The molecule has 0 heterocycles. The topological polar surface area (TPSA) is 9.23 Å². The Balaban J connectivity index is 2.46. The summed E-state index contributed by atoms with van der Waals surface area (Å²) in [5.74, 6) is -0.158. The molecule has 1 nitrogen and oxygen atoms in total. The molecule has 0 N–H and O–H groups in total. The highest BCUT2D eigenvalue weighted by atomic mass is 79.9. The van der Waals surface area contributed by atoms with Gasteiger partial charge in [0.05, 0.1) is 10.6 Å². The van der Waals surface area contributed by atoms with E-state index in [1.54, 1.807) is 6.07 Å². The molecule has 2 aromatic carbocycles. The Labute approximate surface area is 135 Å². The molecule has 7 heteroatoms. The van der Waals surface area contributed by atoms with Crippen LogP contribution in [0.1, 0.15) is 5.56 Å². The van der Waals surface area contributed by atoms with E-state index in [9.17, 15) is 13.2 Å². The Hall–Kier alpha value is -0.720. The molecule has 0 fully saturated rings. The van der Waals surface area contributed by atoms with Crippen molar-refractivity contribution in [3.63, 3.8) is 0 Å². The molecule has 0 aliphatic rings. The molecule has 0 aliphatic carbocycles. The minimum Gasteiger partial charge on any atom is -0.455 e. The van der Waals surface area contributed by atoms with E-state index in [1.165, 1.54) is 24.3 Å². The predicted molar refractivity (Wildman–Crippen MR) is 78.4 cm³/mol. The lowest BCUT2D eigenvalue weighted by Gasteiger charge is -2.15. The zero-order valence-corrected chi connectivity index (χ0v) is 13.6. The van der Waals surface area contributed by atoms with Crippen LogP contribution in [-0.2, 0) is 6.18 Å². The second-order valence-corrected chi connectivity index (χ2v) is 6.05. The Kier molecular flexibility index (Phi) is 4.66. The van der Waals surface area contributed by atoms with Crippen LogP contribution in [-0.4, -0.2) is 0 Å². The van der Waals surface area contributed by atoms with Gasteiger partial charge < -0.3 is 4.74 Å². The number of rotatable bonds is 2. The summed E-state index contributed by atoms with van der Waals surface area (Å²) in [6, 6.07) is 8.38. The molecule has 0 atom stereocenters. The Bertz CT molecular complexity index is 644. The molecule has 106 valence electrons. The van der Waals surface area contributed by atoms with Gasteiger partial charge in [0.25, 0.3) is 0 Å². The molecule has 2 rings (SSSR count). The van der Waals surface area contributed by atoms with Crippen molar-refractivity contribution in [2.24, 2.45) is 0 Å². The molecular formula is C13H6Br2ClF3O. The van der Waals surface area contributed by atoms with Crippen molar-refractivity contribution in [3.8, 4) is 11.5 Å². The van der Waals surface area contributed by atoms with Gasteiger partial charge in [0.15, 0.2) is 0 Å². The average Bonchev–Trinajstić information content (AvgIpc) is 2.34. The molecule has 2 aromatic rings. The van der Waals surface area contributed by atoms with Crippen molar-refractivity contribution in [3.05, 3.63) is 55.9 Å². The van der Waals surface area contributed by atoms with Gasteiger partial charge in [0.2, 0.25) is 0 Å². The fraction of sp³-hybridized carbons (Fsp3) is 0.0769. The fourth-order valence-corrected chi connectivity index (χ4v) is 2.34. The third-order valence-electron chi connectivity index (χ3n) is 2.36. The Morgan fingerprint density at radius 1 is 0.900 bits per heavy atom. The smallest absolute Gasteiger partial charge is 0.420 e. The summed E-state index contributed by atoms with van der Waals surface area (Å²) in [5, 5.41) is 0.226. The quantitative estimate of drug-likeness (QED) is 0.517. The number of hydrogen-bond donors (Lipinski definition) is 0. The van der Waals surface area contributed by atoms with Gasteiger partial charge in [-0.25, -0.2) is 0 Å². The summed E-state index contributed by atoms with van der Waals surface area (Å²) in [7, 11) is 0. The van der Waals surface area contributed by atoms with Gasteiger partial charge in [-0.15, -0.1) is 0 Å². The first-order valence-corrected chi connectivity index (χ1v) is 7.23. The first-order chi connectivity index (χ1) is 9.27. The highest BCUT2D eigenvalue weighted by Gasteiger charge is 2.35. The number of ether oxygens (including phenoxy) is 1. The minimum atomic E-state index is -4.52. The number of hydrogen-bond acceptors (Lipinski definition) is 1. The van der Waals surface area contributed by atoms with Crippen LogP contribution in [0, 0.1) is 0 Å². The SMILES string of the molecule is FC(F)(F)c1cc(Br)ccc1Oc1cc(Br)ccc1Cl. The normalized spacial score (nSPS) is 11.5. The highest BCUT2D eigenvalue weighted by molar-refractivity contribution is 9.10. The summed E-state index contributed by atoms with van der Waals surface area (Å²) >= 11 is 12.1. The van der Waals surface area contributed by atoms with Crippen molar-refractivity contribution in [1.82, 2.24) is 0 Å². The lowest BCUT2D eigenvalue weighted by atomic mass is 10.2. The van der Waals surface area contributed by atoms with Crippen molar-refractivity contribution in [2.75, 3.05) is 0 Å². The first-order valence-electron chi connectivity index (χ1n) is 5.27. The maximum Gasteiger partial charge on any atom is 0.420 e. The molecule has 20 heavy (non-hydrogen) atoms. The lowest BCUT2D eigenvalue weighted by Crippen LogP contribution is -2.07.